The first-order chi connectivity index (χ1) is 11.6. The van der Waals surface area contributed by atoms with Gasteiger partial charge in [0.2, 0.25) is 5.78 Å². The van der Waals surface area contributed by atoms with Crippen LogP contribution in [-0.4, -0.2) is 24.1 Å². The summed E-state index contributed by atoms with van der Waals surface area (Å²) in [7, 11) is 0. The lowest BCUT2D eigenvalue weighted by Gasteiger charge is -2.28. The van der Waals surface area contributed by atoms with Crippen LogP contribution in [-0.2, 0) is 22.4 Å². The third-order valence-electron chi connectivity index (χ3n) is 4.47. The van der Waals surface area contributed by atoms with Crippen molar-refractivity contribution >= 4 is 23.2 Å². The van der Waals surface area contributed by atoms with E-state index in [1.165, 1.54) is 17.3 Å². The maximum Gasteiger partial charge on any atom is 0.256 e. The Labute approximate surface area is 141 Å². The molecule has 2 N–H and O–H groups in total. The second kappa shape index (κ2) is 6.43. The van der Waals surface area contributed by atoms with Crippen LogP contribution in [0.4, 0.5) is 5.69 Å². The maximum absolute atomic E-state index is 12.5. The summed E-state index contributed by atoms with van der Waals surface area (Å²) >= 11 is 0. The summed E-state index contributed by atoms with van der Waals surface area (Å²) in [6.45, 7) is 3.97. The minimum atomic E-state index is -0.402. The van der Waals surface area contributed by atoms with E-state index in [1.54, 1.807) is 17.9 Å². The number of carbonyl (C=O) groups is 2. The van der Waals surface area contributed by atoms with E-state index in [9.17, 15) is 9.59 Å². The summed E-state index contributed by atoms with van der Waals surface area (Å²) in [4.78, 5) is 26.3. The molecule has 0 atom stereocenters. The number of allylic oxidation sites excluding steroid dienone is 1. The Balaban J connectivity index is 2.06. The molecule has 124 valence electrons. The monoisotopic (exact) mass is 323 g/mol. The first-order valence-electron chi connectivity index (χ1n) is 8.27. The van der Waals surface area contributed by atoms with Crippen molar-refractivity contribution in [3.8, 4) is 0 Å². The molecule has 3 rings (SSSR count). The number of fused-ring (bicyclic) bond motifs is 1. The number of carbonyl (C=O) groups excluding carboxylic acids is 2. The van der Waals surface area contributed by atoms with Crippen molar-refractivity contribution in [2.45, 2.75) is 33.1 Å². The molecule has 0 unspecified atom stereocenters. The van der Waals surface area contributed by atoms with E-state index in [0.717, 1.165) is 24.9 Å². The summed E-state index contributed by atoms with van der Waals surface area (Å²) in [5.41, 5.74) is 3.76. The second-order valence-electron chi connectivity index (χ2n) is 5.96. The lowest BCUT2D eigenvalue weighted by atomic mass is 9.97. The number of benzene rings is 1. The number of aryl methyl sites for hydroxylation is 2. The normalized spacial score (nSPS) is 18.7. The largest absolute Gasteiger partial charge is 0.352 e. The van der Waals surface area contributed by atoms with Gasteiger partial charge >= 0.3 is 0 Å². The molecule has 5 nitrogen and oxygen atoms in total. The number of likely N-dealkylation sites (N-methyl/N-ethyl adjacent to an activating group) is 1. The van der Waals surface area contributed by atoms with Crippen LogP contribution < -0.4 is 10.2 Å². The fourth-order valence-electron chi connectivity index (χ4n) is 3.23. The SMILES string of the molecule is C/C=C1\C(=N)N(c2ccc3c(c2)CCC3)C=C(C(=O)NCC)C1=O. The van der Waals surface area contributed by atoms with Crippen LogP contribution in [0, 0.1) is 5.41 Å². The molecule has 2 aliphatic rings. The number of rotatable bonds is 3. The molecule has 0 bridgehead atoms. The highest BCUT2D eigenvalue weighted by molar-refractivity contribution is 6.39. The highest BCUT2D eigenvalue weighted by Gasteiger charge is 2.32. The fourth-order valence-corrected chi connectivity index (χ4v) is 3.23. The molecule has 0 spiro atoms. The average Bonchev–Trinajstić information content (AvgIpc) is 3.03. The standard InChI is InChI=1S/C19H21N3O2/c1-3-15-17(23)16(19(24)21-4-2)11-22(18(15)20)14-9-8-12-6-5-7-13(12)10-14/h3,8-11,20H,4-7H2,1-2H3,(H,21,24)/b15-3-,20-18?. The zero-order valence-electron chi connectivity index (χ0n) is 14.0. The molecule has 5 heteroatoms. The molecule has 1 aromatic carbocycles. The molecule has 0 aromatic heterocycles. The van der Waals surface area contributed by atoms with Gasteiger partial charge in [-0.25, -0.2) is 0 Å². The Kier molecular flexibility index (Phi) is 4.34. The predicted molar refractivity (Wildman–Crippen MR) is 94.2 cm³/mol. The number of anilines is 1. The summed E-state index contributed by atoms with van der Waals surface area (Å²) < 4.78 is 0. The molecular formula is C19H21N3O2. The van der Waals surface area contributed by atoms with Gasteiger partial charge in [-0.3, -0.25) is 15.0 Å². The van der Waals surface area contributed by atoms with Gasteiger partial charge in [0.15, 0.2) is 0 Å². The van der Waals surface area contributed by atoms with Crippen molar-refractivity contribution in [2.75, 3.05) is 11.4 Å². The highest BCUT2D eigenvalue weighted by Crippen LogP contribution is 2.30. The molecule has 1 aromatic rings. The number of hydrogen-bond acceptors (Lipinski definition) is 3. The lowest BCUT2D eigenvalue weighted by molar-refractivity contribution is -0.121. The van der Waals surface area contributed by atoms with Crippen LogP contribution in [0.5, 0.6) is 0 Å². The van der Waals surface area contributed by atoms with Crippen molar-refractivity contribution < 1.29 is 9.59 Å². The van der Waals surface area contributed by atoms with Crippen LogP contribution >= 0.6 is 0 Å². The van der Waals surface area contributed by atoms with Crippen molar-refractivity contribution in [1.29, 1.82) is 5.41 Å². The van der Waals surface area contributed by atoms with Gasteiger partial charge in [0.25, 0.3) is 5.91 Å². The van der Waals surface area contributed by atoms with Gasteiger partial charge in [-0.05, 0) is 56.4 Å². The third kappa shape index (κ3) is 2.66. The number of amidine groups is 1. The topological polar surface area (TPSA) is 73.3 Å². The zero-order valence-corrected chi connectivity index (χ0v) is 14.0. The summed E-state index contributed by atoms with van der Waals surface area (Å²) in [6.07, 6.45) is 6.35. The molecule has 24 heavy (non-hydrogen) atoms. The Morgan fingerprint density at radius 2 is 2.08 bits per heavy atom. The number of amides is 1. The number of nitrogens with zero attached hydrogens (tertiary/aromatic N) is 1. The average molecular weight is 323 g/mol. The summed E-state index contributed by atoms with van der Waals surface area (Å²) in [5.74, 6) is -0.695. The molecule has 1 amide bonds. The smallest absolute Gasteiger partial charge is 0.256 e. The quantitative estimate of drug-likeness (QED) is 0.663. The fraction of sp³-hybridized carbons (Fsp3) is 0.316. The van der Waals surface area contributed by atoms with Gasteiger partial charge in [0.05, 0.1) is 5.57 Å². The van der Waals surface area contributed by atoms with E-state index in [0.29, 0.717) is 6.54 Å². The van der Waals surface area contributed by atoms with Crippen LogP contribution in [0.15, 0.2) is 41.6 Å². The molecular weight excluding hydrogens is 302 g/mol. The van der Waals surface area contributed by atoms with Crippen LogP contribution in [0.25, 0.3) is 0 Å². The third-order valence-corrected chi connectivity index (χ3v) is 4.47. The van der Waals surface area contributed by atoms with Crippen molar-refractivity contribution in [3.63, 3.8) is 0 Å². The van der Waals surface area contributed by atoms with Gasteiger partial charge in [0.1, 0.15) is 11.4 Å². The van der Waals surface area contributed by atoms with Gasteiger partial charge in [-0.2, -0.15) is 0 Å². The van der Waals surface area contributed by atoms with E-state index in [-0.39, 0.29) is 17.0 Å². The molecule has 0 fully saturated rings. The van der Waals surface area contributed by atoms with Crippen molar-refractivity contribution in [3.05, 3.63) is 52.7 Å². The number of Topliss-reactive ketones (excluding diaryl/α,β-unsaturated/α-hetero) is 1. The predicted octanol–water partition coefficient (Wildman–Crippen LogP) is 2.51. The maximum atomic E-state index is 12.5. The molecule has 1 heterocycles. The Bertz CT molecular complexity index is 790. The lowest BCUT2D eigenvalue weighted by Crippen LogP contribution is -2.40. The Morgan fingerprint density at radius 1 is 1.33 bits per heavy atom. The van der Waals surface area contributed by atoms with Crippen LogP contribution in [0.2, 0.25) is 0 Å². The first-order valence-corrected chi connectivity index (χ1v) is 8.27. The number of nitrogens with one attached hydrogen (secondary N) is 2. The van der Waals surface area contributed by atoms with E-state index in [2.05, 4.69) is 17.4 Å². The minimum absolute atomic E-state index is 0.0708. The molecule has 0 radical (unpaired) electrons. The molecule has 0 saturated carbocycles. The van der Waals surface area contributed by atoms with Gasteiger partial charge in [-0.1, -0.05) is 12.1 Å². The van der Waals surface area contributed by atoms with Crippen molar-refractivity contribution in [1.82, 2.24) is 5.32 Å². The van der Waals surface area contributed by atoms with Gasteiger partial charge in [-0.15, -0.1) is 0 Å². The second-order valence-corrected chi connectivity index (χ2v) is 5.96. The van der Waals surface area contributed by atoms with Crippen LogP contribution in [0.3, 0.4) is 0 Å². The Morgan fingerprint density at radius 3 is 2.79 bits per heavy atom. The van der Waals surface area contributed by atoms with Gasteiger partial charge < -0.3 is 10.2 Å². The minimum Gasteiger partial charge on any atom is -0.352 e. The zero-order chi connectivity index (χ0) is 17.3. The molecule has 1 aliphatic carbocycles. The molecule has 0 saturated heterocycles. The van der Waals surface area contributed by atoms with E-state index in [1.807, 2.05) is 13.0 Å². The van der Waals surface area contributed by atoms with Gasteiger partial charge in [0, 0.05) is 18.4 Å². The van der Waals surface area contributed by atoms with Crippen molar-refractivity contribution in [2.24, 2.45) is 0 Å². The van der Waals surface area contributed by atoms with E-state index >= 15 is 0 Å². The first kappa shape index (κ1) is 16.2. The Hall–Kier alpha value is -2.69. The number of ketones is 1. The van der Waals surface area contributed by atoms with Crippen LogP contribution in [0.1, 0.15) is 31.4 Å². The summed E-state index contributed by atoms with van der Waals surface area (Å²) in [5, 5.41) is 11.0. The number of hydrogen-bond donors (Lipinski definition) is 2. The summed E-state index contributed by atoms with van der Waals surface area (Å²) in [6, 6.07) is 6.09. The highest BCUT2D eigenvalue weighted by atomic mass is 16.2. The molecule has 1 aliphatic heterocycles. The van der Waals surface area contributed by atoms with E-state index in [4.69, 9.17) is 5.41 Å². The van der Waals surface area contributed by atoms with E-state index < -0.39 is 11.7 Å².